The first-order valence-electron chi connectivity index (χ1n) is 8.32. The molecule has 4 rings (SSSR count). The van der Waals surface area contributed by atoms with Gasteiger partial charge in [0.15, 0.2) is 16.6 Å². The van der Waals surface area contributed by atoms with Gasteiger partial charge in [0.2, 0.25) is 15.9 Å². The zero-order valence-corrected chi connectivity index (χ0v) is 17.2. The molecule has 0 spiro atoms. The van der Waals surface area contributed by atoms with Crippen molar-refractivity contribution in [2.75, 3.05) is 25.2 Å². The van der Waals surface area contributed by atoms with E-state index in [2.05, 4.69) is 20.7 Å². The van der Waals surface area contributed by atoms with Crippen LogP contribution in [-0.2, 0) is 14.8 Å². The zero-order chi connectivity index (χ0) is 20.8. The minimum Gasteiger partial charge on any atom is -0.422 e. The maximum Gasteiger partial charge on any atom is 0.328 e. The van der Waals surface area contributed by atoms with Gasteiger partial charge in [-0.3, -0.25) is 4.79 Å². The van der Waals surface area contributed by atoms with Crippen LogP contribution >= 0.6 is 11.8 Å². The van der Waals surface area contributed by atoms with E-state index in [-0.39, 0.29) is 22.4 Å². The highest BCUT2D eigenvalue weighted by Gasteiger charge is 2.21. The molecule has 1 N–H and O–H groups in total. The summed E-state index contributed by atoms with van der Waals surface area (Å²) in [6.07, 6.45) is 0. The van der Waals surface area contributed by atoms with E-state index in [1.165, 1.54) is 26.2 Å². The maximum absolute atomic E-state index is 12.4. The number of anilines is 1. The fourth-order valence-corrected chi connectivity index (χ4v) is 4.24. The third kappa shape index (κ3) is 3.59. The van der Waals surface area contributed by atoms with Crippen molar-refractivity contribution in [3.8, 4) is 0 Å². The van der Waals surface area contributed by atoms with Crippen molar-refractivity contribution in [1.82, 2.24) is 24.1 Å². The Hall–Kier alpha value is -2.90. The summed E-state index contributed by atoms with van der Waals surface area (Å²) < 4.78 is 38.1. The molecule has 0 unspecified atom stereocenters. The minimum absolute atomic E-state index is 0.0368. The molecule has 3 heterocycles. The largest absolute Gasteiger partial charge is 0.422 e. The Labute approximate surface area is 169 Å². The Kier molecular flexibility index (Phi) is 4.80. The number of amides is 1. The van der Waals surface area contributed by atoms with Crippen molar-refractivity contribution in [2.24, 2.45) is 0 Å². The number of nitrogens with one attached hydrogen (secondary N) is 1. The lowest BCUT2D eigenvalue weighted by Crippen LogP contribution is -2.22. The van der Waals surface area contributed by atoms with Gasteiger partial charge >= 0.3 is 5.84 Å². The number of benzene rings is 1. The molecule has 0 aliphatic carbocycles. The van der Waals surface area contributed by atoms with E-state index in [1.807, 2.05) is 0 Å². The van der Waals surface area contributed by atoms with Crippen molar-refractivity contribution in [1.29, 1.82) is 0 Å². The Morgan fingerprint density at radius 1 is 1.28 bits per heavy atom. The molecule has 0 bridgehead atoms. The molecule has 152 valence electrons. The van der Waals surface area contributed by atoms with Crippen LogP contribution in [0.3, 0.4) is 0 Å². The number of sulfonamides is 1. The van der Waals surface area contributed by atoms with Crippen LogP contribution in [0, 0.1) is 6.92 Å². The number of carbonyl (C=O) groups is 1. The second-order valence-corrected chi connectivity index (χ2v) is 9.37. The fraction of sp³-hybridized carbons (Fsp3) is 0.250. The predicted molar refractivity (Wildman–Crippen MR) is 104 cm³/mol. The lowest BCUT2D eigenvalue weighted by atomic mass is 10.3. The summed E-state index contributed by atoms with van der Waals surface area (Å²) in [5.41, 5.74) is 0.944. The molecule has 13 heteroatoms. The number of hydrogen-bond donors (Lipinski definition) is 1. The molecule has 0 aliphatic rings. The molecule has 29 heavy (non-hydrogen) atoms. The number of thioether (sulfide) groups is 1. The third-order valence-corrected chi connectivity index (χ3v) is 6.72. The summed E-state index contributed by atoms with van der Waals surface area (Å²) in [7, 11) is -0.703. The summed E-state index contributed by atoms with van der Waals surface area (Å²) >= 11 is 1.13. The van der Waals surface area contributed by atoms with Gasteiger partial charge in [-0.25, -0.2) is 17.1 Å². The van der Waals surface area contributed by atoms with Crippen molar-refractivity contribution < 1.29 is 22.2 Å². The van der Waals surface area contributed by atoms with Crippen molar-refractivity contribution in [3.63, 3.8) is 0 Å². The van der Waals surface area contributed by atoms with Gasteiger partial charge in [-0.1, -0.05) is 22.0 Å². The van der Waals surface area contributed by atoms with Crippen LogP contribution in [0.15, 0.2) is 43.3 Å². The Morgan fingerprint density at radius 3 is 2.76 bits per heavy atom. The first kappa shape index (κ1) is 19.4. The number of hydrogen-bond acceptors (Lipinski definition) is 9. The van der Waals surface area contributed by atoms with Crippen LogP contribution in [-0.4, -0.2) is 58.2 Å². The van der Waals surface area contributed by atoms with Gasteiger partial charge < -0.3 is 14.3 Å². The molecule has 1 amide bonds. The molecule has 0 fully saturated rings. The van der Waals surface area contributed by atoms with E-state index < -0.39 is 10.0 Å². The second kappa shape index (κ2) is 7.17. The molecule has 0 saturated carbocycles. The van der Waals surface area contributed by atoms with E-state index in [0.717, 1.165) is 16.1 Å². The standard InChI is InChI=1S/C16H16N6O5S2/c1-9-6-13(20-27-9)17-14(23)8-28-16-19-18-15-22(16)11-7-10(4-5-12(11)26-15)29(24,25)21(2)3/h4-7H,8H2,1-3H3,(H,17,20,23). The quantitative estimate of drug-likeness (QED) is 0.448. The lowest BCUT2D eigenvalue weighted by Gasteiger charge is -2.10. The highest BCUT2D eigenvalue weighted by Crippen LogP contribution is 2.28. The van der Waals surface area contributed by atoms with Gasteiger partial charge in [0.05, 0.1) is 16.2 Å². The van der Waals surface area contributed by atoms with E-state index in [9.17, 15) is 13.2 Å². The minimum atomic E-state index is -3.62. The van der Waals surface area contributed by atoms with Gasteiger partial charge in [0, 0.05) is 20.2 Å². The number of oxazole rings is 1. The smallest absolute Gasteiger partial charge is 0.328 e. The van der Waals surface area contributed by atoms with Gasteiger partial charge in [0.25, 0.3) is 0 Å². The molecule has 0 saturated heterocycles. The molecule has 0 radical (unpaired) electrons. The monoisotopic (exact) mass is 436 g/mol. The molecule has 11 nitrogen and oxygen atoms in total. The number of nitrogens with zero attached hydrogens (tertiary/aromatic N) is 5. The molecular formula is C16H16N6O5S2. The lowest BCUT2D eigenvalue weighted by molar-refractivity contribution is -0.113. The predicted octanol–water partition coefficient (Wildman–Crippen LogP) is 1.75. The molecule has 0 aliphatic heterocycles. The first-order valence-corrected chi connectivity index (χ1v) is 10.7. The van der Waals surface area contributed by atoms with Crippen molar-refractivity contribution in [3.05, 3.63) is 30.0 Å². The average molecular weight is 436 g/mol. The van der Waals surface area contributed by atoms with Gasteiger partial charge in [0.1, 0.15) is 5.76 Å². The highest BCUT2D eigenvalue weighted by molar-refractivity contribution is 7.99. The number of fused-ring (bicyclic) bond motifs is 3. The van der Waals surface area contributed by atoms with Crippen LogP contribution in [0.4, 0.5) is 5.82 Å². The van der Waals surface area contributed by atoms with Crippen LogP contribution < -0.4 is 5.32 Å². The fourth-order valence-electron chi connectivity index (χ4n) is 2.58. The first-order chi connectivity index (χ1) is 13.8. The Balaban J connectivity index is 1.62. The SMILES string of the molecule is Cc1cc(NC(=O)CSc2nnc3oc4ccc(S(=O)(=O)N(C)C)cc4n23)no1. The highest BCUT2D eigenvalue weighted by atomic mass is 32.2. The second-order valence-electron chi connectivity index (χ2n) is 6.28. The summed E-state index contributed by atoms with van der Waals surface area (Å²) in [6, 6.07) is 6.13. The van der Waals surface area contributed by atoms with Gasteiger partial charge in [-0.15, -0.1) is 5.10 Å². The normalized spacial score (nSPS) is 12.3. The van der Waals surface area contributed by atoms with E-state index in [4.69, 9.17) is 8.94 Å². The topological polar surface area (TPSA) is 136 Å². The van der Waals surface area contributed by atoms with Crippen LogP contribution in [0.2, 0.25) is 0 Å². The van der Waals surface area contributed by atoms with Gasteiger partial charge in [-0.2, -0.15) is 0 Å². The van der Waals surface area contributed by atoms with E-state index in [0.29, 0.717) is 27.8 Å². The molecule has 1 aromatic carbocycles. The molecule has 3 aromatic heterocycles. The molecule has 0 atom stereocenters. The number of rotatable bonds is 6. The zero-order valence-electron chi connectivity index (χ0n) is 15.6. The number of aryl methyl sites for hydroxylation is 1. The van der Waals surface area contributed by atoms with E-state index in [1.54, 1.807) is 23.5 Å². The average Bonchev–Trinajstić information content (AvgIpc) is 3.34. The summed E-state index contributed by atoms with van der Waals surface area (Å²) in [5, 5.41) is 14.7. The number of carbonyl (C=O) groups excluding carboxylic acids is 1. The maximum atomic E-state index is 12.4. The van der Waals surface area contributed by atoms with Crippen LogP contribution in [0.5, 0.6) is 0 Å². The third-order valence-electron chi connectivity index (χ3n) is 3.98. The summed E-state index contributed by atoms with van der Waals surface area (Å²) in [4.78, 5) is 12.2. The molecule has 4 aromatic rings. The summed E-state index contributed by atoms with van der Waals surface area (Å²) in [6.45, 7) is 1.72. The Morgan fingerprint density at radius 2 is 2.07 bits per heavy atom. The summed E-state index contributed by atoms with van der Waals surface area (Å²) in [5.74, 6) is 0.847. The molecular weight excluding hydrogens is 420 g/mol. The van der Waals surface area contributed by atoms with Crippen LogP contribution in [0.25, 0.3) is 16.9 Å². The van der Waals surface area contributed by atoms with Crippen molar-refractivity contribution >= 4 is 50.5 Å². The number of aromatic nitrogens is 4. The van der Waals surface area contributed by atoms with E-state index >= 15 is 0 Å². The van der Waals surface area contributed by atoms with Crippen LogP contribution in [0.1, 0.15) is 5.76 Å². The van der Waals surface area contributed by atoms with Crippen molar-refractivity contribution in [2.45, 2.75) is 17.0 Å². The van der Waals surface area contributed by atoms with Gasteiger partial charge in [-0.05, 0) is 25.1 Å². The Bertz CT molecular complexity index is 1320.